The number of carbonyl (C=O) groups is 2. The van der Waals surface area contributed by atoms with E-state index in [0.29, 0.717) is 19.4 Å². The Labute approximate surface area is 537 Å². The van der Waals surface area contributed by atoms with Crippen molar-refractivity contribution in [2.75, 3.05) is 13.2 Å². The largest absolute Gasteiger partial charge is 0.466 e. The predicted octanol–water partition coefficient (Wildman–Crippen LogP) is 25.4. The number of allylic oxidation sites excluding steroid dienone is 9. The highest BCUT2D eigenvalue weighted by Crippen LogP contribution is 2.19. The maximum absolute atomic E-state index is 12.5. The van der Waals surface area contributed by atoms with Crippen LogP contribution in [0.3, 0.4) is 0 Å². The van der Waals surface area contributed by atoms with E-state index in [2.05, 4.69) is 67.8 Å². The van der Waals surface area contributed by atoms with Crippen LogP contribution in [0.25, 0.3) is 0 Å². The summed E-state index contributed by atoms with van der Waals surface area (Å²) in [5.74, 6) is -0.0609. The average molecular weight is 1210 g/mol. The summed E-state index contributed by atoms with van der Waals surface area (Å²) in [4.78, 5) is 24.6. The first kappa shape index (κ1) is 83.6. The lowest BCUT2D eigenvalue weighted by Crippen LogP contribution is -2.45. The Balaban J connectivity index is 3.40. The molecule has 0 aromatic heterocycles. The standard InChI is InChI=1S/C80H149NO5/c1-3-5-7-9-11-13-15-17-18-19-20-36-39-42-45-49-52-56-60-64-68-72-78(83)77(76-82)81-79(84)73-69-65-61-57-53-50-46-43-40-37-34-32-30-28-26-24-22-21-23-25-27-29-31-33-35-38-41-44-47-51-55-59-63-67-71-75-86-80(85)74-70-66-62-58-54-48-16-14-12-10-8-6-4-2/h8,10,14,16,23,25,29,31,68,72,77-78,82-83H,3-7,9,11-13,15,17-22,24,26-28,30,32-67,69-71,73-76H2,1-2H3,(H,81,84)/b10-8-,16-14-,25-23-,31-29-,72-68+. The molecule has 0 aliphatic heterocycles. The molecule has 2 atom stereocenters. The van der Waals surface area contributed by atoms with Crippen LogP contribution in [0.4, 0.5) is 0 Å². The second-order valence-corrected chi connectivity index (χ2v) is 26.3. The molecule has 3 N–H and O–H groups in total. The molecule has 0 aliphatic carbocycles. The minimum atomic E-state index is -0.845. The van der Waals surface area contributed by atoms with Gasteiger partial charge >= 0.3 is 5.97 Å². The zero-order valence-corrected chi connectivity index (χ0v) is 57.8. The fourth-order valence-electron chi connectivity index (χ4n) is 11.9. The van der Waals surface area contributed by atoms with Gasteiger partial charge in [0.1, 0.15) is 0 Å². The van der Waals surface area contributed by atoms with Crippen LogP contribution in [0.1, 0.15) is 412 Å². The van der Waals surface area contributed by atoms with Gasteiger partial charge in [0, 0.05) is 12.8 Å². The molecule has 0 radical (unpaired) electrons. The highest BCUT2D eigenvalue weighted by atomic mass is 16.5. The normalized spacial score (nSPS) is 12.8. The van der Waals surface area contributed by atoms with Gasteiger partial charge in [-0.1, -0.05) is 370 Å². The van der Waals surface area contributed by atoms with E-state index in [9.17, 15) is 19.8 Å². The number of rotatable bonds is 72. The van der Waals surface area contributed by atoms with E-state index in [1.54, 1.807) is 6.08 Å². The molecule has 2 unspecified atom stereocenters. The second kappa shape index (κ2) is 75.0. The molecule has 504 valence electrons. The fraction of sp³-hybridized carbons (Fsp3) is 0.850. The van der Waals surface area contributed by atoms with Gasteiger partial charge in [0.2, 0.25) is 5.91 Å². The molecule has 0 saturated heterocycles. The number of carbonyl (C=O) groups excluding carboxylic acids is 2. The van der Waals surface area contributed by atoms with Crippen LogP contribution in [-0.2, 0) is 14.3 Å². The van der Waals surface area contributed by atoms with E-state index in [1.807, 2.05) is 6.08 Å². The summed E-state index contributed by atoms with van der Waals surface area (Å²) in [5, 5.41) is 23.3. The van der Waals surface area contributed by atoms with Crippen LogP contribution in [-0.4, -0.2) is 47.4 Å². The smallest absolute Gasteiger partial charge is 0.305 e. The third-order valence-electron chi connectivity index (χ3n) is 17.7. The van der Waals surface area contributed by atoms with Gasteiger partial charge in [0.05, 0.1) is 25.4 Å². The number of nitrogens with one attached hydrogen (secondary N) is 1. The van der Waals surface area contributed by atoms with Crippen molar-refractivity contribution in [2.24, 2.45) is 0 Å². The first-order valence-electron chi connectivity index (χ1n) is 38.6. The van der Waals surface area contributed by atoms with Gasteiger partial charge in [0.15, 0.2) is 0 Å². The summed E-state index contributed by atoms with van der Waals surface area (Å²) in [5.41, 5.74) is 0. The summed E-state index contributed by atoms with van der Waals surface area (Å²) >= 11 is 0. The topological polar surface area (TPSA) is 95.9 Å². The van der Waals surface area contributed by atoms with Crippen molar-refractivity contribution in [1.29, 1.82) is 0 Å². The SMILES string of the molecule is CCC/C=C\C/C=C\CCCCCCCC(=O)OCCCCCCCCCCCCC/C=C\C/C=C\CCCCCCCCCCCCCCCCCCCC(=O)NC(CO)C(O)/C=C/CCCCCCCCCCCCCCCCCCCCC. The van der Waals surface area contributed by atoms with Crippen LogP contribution in [0.15, 0.2) is 60.8 Å². The van der Waals surface area contributed by atoms with Gasteiger partial charge in [-0.25, -0.2) is 0 Å². The minimum absolute atomic E-state index is 0.00114. The number of ether oxygens (including phenoxy) is 1. The number of unbranched alkanes of at least 4 members (excludes halogenated alkanes) is 53. The Morgan fingerprint density at radius 1 is 0.326 bits per heavy atom. The van der Waals surface area contributed by atoms with Crippen LogP contribution in [0.2, 0.25) is 0 Å². The Morgan fingerprint density at radius 2 is 0.605 bits per heavy atom. The van der Waals surface area contributed by atoms with Crippen molar-refractivity contribution in [1.82, 2.24) is 5.32 Å². The molecule has 0 aliphatic rings. The second-order valence-electron chi connectivity index (χ2n) is 26.3. The monoisotopic (exact) mass is 1200 g/mol. The molecule has 6 heteroatoms. The molecule has 0 bridgehead atoms. The van der Waals surface area contributed by atoms with Crippen LogP contribution >= 0.6 is 0 Å². The van der Waals surface area contributed by atoms with Gasteiger partial charge in [-0.05, 0) is 89.9 Å². The Morgan fingerprint density at radius 3 is 0.930 bits per heavy atom. The van der Waals surface area contributed by atoms with Crippen molar-refractivity contribution >= 4 is 11.9 Å². The number of hydrogen-bond donors (Lipinski definition) is 3. The third kappa shape index (κ3) is 70.6. The van der Waals surface area contributed by atoms with Crippen LogP contribution in [0.5, 0.6) is 0 Å². The molecule has 1 amide bonds. The predicted molar refractivity (Wildman–Crippen MR) is 379 cm³/mol. The summed E-state index contributed by atoms with van der Waals surface area (Å²) in [6.45, 7) is 4.87. The average Bonchev–Trinajstić information content (AvgIpc) is 3.55. The molecule has 0 fully saturated rings. The lowest BCUT2D eigenvalue weighted by molar-refractivity contribution is -0.143. The highest BCUT2D eigenvalue weighted by molar-refractivity contribution is 5.76. The van der Waals surface area contributed by atoms with Gasteiger partial charge in [-0.2, -0.15) is 0 Å². The van der Waals surface area contributed by atoms with E-state index in [-0.39, 0.29) is 18.5 Å². The number of amides is 1. The van der Waals surface area contributed by atoms with Gasteiger partial charge < -0.3 is 20.3 Å². The first-order chi connectivity index (χ1) is 42.5. The molecular weight excluding hydrogens is 1050 g/mol. The Bertz CT molecular complexity index is 1480. The van der Waals surface area contributed by atoms with Crippen molar-refractivity contribution in [3.63, 3.8) is 0 Å². The van der Waals surface area contributed by atoms with Crippen LogP contribution in [0, 0.1) is 0 Å². The lowest BCUT2D eigenvalue weighted by Gasteiger charge is -2.20. The van der Waals surface area contributed by atoms with Gasteiger partial charge in [-0.3, -0.25) is 9.59 Å². The summed E-state index contributed by atoms with van der Waals surface area (Å²) in [6.07, 6.45) is 100. The maximum Gasteiger partial charge on any atom is 0.305 e. The number of esters is 1. The van der Waals surface area contributed by atoms with Crippen molar-refractivity contribution < 1.29 is 24.5 Å². The Kier molecular flexibility index (Phi) is 72.9. The fourth-order valence-corrected chi connectivity index (χ4v) is 11.9. The van der Waals surface area contributed by atoms with E-state index in [1.165, 1.54) is 327 Å². The molecule has 0 aromatic rings. The molecule has 86 heavy (non-hydrogen) atoms. The molecule has 0 aromatic carbocycles. The number of hydrogen-bond acceptors (Lipinski definition) is 5. The molecule has 6 nitrogen and oxygen atoms in total. The number of aliphatic hydroxyl groups excluding tert-OH is 2. The van der Waals surface area contributed by atoms with Crippen LogP contribution < -0.4 is 5.32 Å². The van der Waals surface area contributed by atoms with E-state index >= 15 is 0 Å². The molecular formula is C80H149NO5. The maximum atomic E-state index is 12.5. The minimum Gasteiger partial charge on any atom is -0.466 e. The quantitative estimate of drug-likeness (QED) is 0.0320. The summed E-state index contributed by atoms with van der Waals surface area (Å²) < 4.78 is 5.48. The molecule has 0 saturated carbocycles. The lowest BCUT2D eigenvalue weighted by atomic mass is 10.0. The summed E-state index contributed by atoms with van der Waals surface area (Å²) in [7, 11) is 0. The molecule has 0 heterocycles. The first-order valence-corrected chi connectivity index (χ1v) is 38.6. The van der Waals surface area contributed by atoms with Gasteiger partial charge in [0.25, 0.3) is 0 Å². The Hall–Kier alpha value is -2.44. The van der Waals surface area contributed by atoms with Gasteiger partial charge in [-0.15, -0.1) is 0 Å². The van der Waals surface area contributed by atoms with E-state index < -0.39 is 12.1 Å². The van der Waals surface area contributed by atoms with E-state index in [0.717, 1.165) is 57.8 Å². The van der Waals surface area contributed by atoms with E-state index in [4.69, 9.17) is 4.74 Å². The zero-order valence-electron chi connectivity index (χ0n) is 57.8. The van der Waals surface area contributed by atoms with Crippen molar-refractivity contribution in [3.8, 4) is 0 Å². The van der Waals surface area contributed by atoms with Crippen molar-refractivity contribution in [3.05, 3.63) is 60.8 Å². The van der Waals surface area contributed by atoms with Crippen molar-refractivity contribution in [2.45, 2.75) is 424 Å². The zero-order chi connectivity index (χ0) is 62.0. The highest BCUT2D eigenvalue weighted by Gasteiger charge is 2.18. The molecule has 0 spiro atoms. The molecule has 0 rings (SSSR count). The number of aliphatic hydroxyl groups is 2. The third-order valence-corrected chi connectivity index (χ3v) is 17.7. The summed E-state index contributed by atoms with van der Waals surface area (Å²) in [6, 6.07) is -0.628.